The lowest BCUT2D eigenvalue weighted by Gasteiger charge is -2.24. The van der Waals surface area contributed by atoms with Gasteiger partial charge in [0.15, 0.2) is 0 Å². The number of likely N-dealkylation sites (N-methyl/N-ethyl adjacent to an activating group) is 1. The molecule has 2 aromatic carbocycles. The van der Waals surface area contributed by atoms with Gasteiger partial charge in [0, 0.05) is 24.8 Å². The highest BCUT2D eigenvalue weighted by atomic mass is 19.1. The van der Waals surface area contributed by atoms with Gasteiger partial charge in [-0.3, -0.25) is 0 Å². The zero-order valence-electron chi connectivity index (χ0n) is 11.7. The summed E-state index contributed by atoms with van der Waals surface area (Å²) in [5, 5.41) is 0. The lowest BCUT2D eigenvalue weighted by atomic mass is 10.1. The molecule has 106 valence electrons. The minimum absolute atomic E-state index is 0.261. The standard InChI is InChI=1S/C16H19FN2O/c1-19(12-7-9-13(20-2)10-8-12)11-16(18)14-5-3-4-6-15(14)17/h3-10,16H,11,18H2,1-2H3. The molecule has 3 nitrogen and oxygen atoms in total. The Kier molecular flexibility index (Phi) is 4.58. The Morgan fingerprint density at radius 3 is 2.40 bits per heavy atom. The molecule has 0 aromatic heterocycles. The van der Waals surface area contributed by atoms with Crippen LogP contribution in [0.3, 0.4) is 0 Å². The Hall–Kier alpha value is -2.07. The van der Waals surface area contributed by atoms with E-state index in [0.29, 0.717) is 12.1 Å². The van der Waals surface area contributed by atoms with Gasteiger partial charge in [-0.15, -0.1) is 0 Å². The van der Waals surface area contributed by atoms with E-state index in [1.54, 1.807) is 25.3 Å². The molecule has 20 heavy (non-hydrogen) atoms. The maximum Gasteiger partial charge on any atom is 0.128 e. The van der Waals surface area contributed by atoms with Crippen LogP contribution in [-0.4, -0.2) is 20.7 Å². The van der Waals surface area contributed by atoms with E-state index in [4.69, 9.17) is 10.5 Å². The topological polar surface area (TPSA) is 38.5 Å². The normalized spacial score (nSPS) is 12.0. The van der Waals surface area contributed by atoms with E-state index in [-0.39, 0.29) is 11.9 Å². The zero-order valence-corrected chi connectivity index (χ0v) is 11.7. The molecular weight excluding hydrogens is 255 g/mol. The molecule has 0 heterocycles. The summed E-state index contributed by atoms with van der Waals surface area (Å²) in [6, 6.07) is 13.9. The molecule has 0 aliphatic heterocycles. The van der Waals surface area contributed by atoms with E-state index < -0.39 is 0 Å². The Morgan fingerprint density at radius 2 is 1.80 bits per heavy atom. The van der Waals surface area contributed by atoms with Crippen LogP contribution in [0, 0.1) is 5.82 Å². The lowest BCUT2D eigenvalue weighted by Crippen LogP contribution is -2.29. The van der Waals surface area contributed by atoms with Crippen molar-refractivity contribution in [2.24, 2.45) is 5.73 Å². The monoisotopic (exact) mass is 274 g/mol. The Labute approximate surface area is 118 Å². The van der Waals surface area contributed by atoms with Crippen molar-refractivity contribution in [1.29, 1.82) is 0 Å². The summed E-state index contributed by atoms with van der Waals surface area (Å²) in [6.45, 7) is 0.535. The lowest BCUT2D eigenvalue weighted by molar-refractivity contribution is 0.415. The van der Waals surface area contributed by atoms with Crippen LogP contribution in [0.1, 0.15) is 11.6 Å². The summed E-state index contributed by atoms with van der Waals surface area (Å²) in [7, 11) is 3.56. The molecule has 2 rings (SSSR count). The van der Waals surface area contributed by atoms with Crippen molar-refractivity contribution in [1.82, 2.24) is 0 Å². The molecule has 0 aliphatic rings. The van der Waals surface area contributed by atoms with Crippen LogP contribution in [0.4, 0.5) is 10.1 Å². The highest BCUT2D eigenvalue weighted by Crippen LogP contribution is 2.21. The fraction of sp³-hybridized carbons (Fsp3) is 0.250. The molecule has 4 heteroatoms. The summed E-state index contributed by atoms with van der Waals surface area (Å²) in [4.78, 5) is 2.00. The van der Waals surface area contributed by atoms with E-state index in [1.807, 2.05) is 36.2 Å². The Balaban J connectivity index is 2.06. The van der Waals surface area contributed by atoms with Crippen LogP contribution >= 0.6 is 0 Å². The molecule has 0 saturated carbocycles. The Bertz CT molecular complexity index is 557. The van der Waals surface area contributed by atoms with E-state index >= 15 is 0 Å². The molecule has 0 bridgehead atoms. The highest BCUT2D eigenvalue weighted by Gasteiger charge is 2.13. The SMILES string of the molecule is COc1ccc(N(C)CC(N)c2ccccc2F)cc1. The molecular formula is C16H19FN2O. The maximum atomic E-state index is 13.7. The number of hydrogen-bond donors (Lipinski definition) is 1. The van der Waals surface area contributed by atoms with Crippen LogP contribution in [0.2, 0.25) is 0 Å². The molecule has 1 atom stereocenters. The summed E-state index contributed by atoms with van der Waals surface area (Å²) in [6.07, 6.45) is 0. The quantitative estimate of drug-likeness (QED) is 0.911. The molecule has 2 N–H and O–H groups in total. The van der Waals surface area contributed by atoms with Gasteiger partial charge in [-0.1, -0.05) is 18.2 Å². The number of hydrogen-bond acceptors (Lipinski definition) is 3. The summed E-state index contributed by atoms with van der Waals surface area (Å²) < 4.78 is 18.8. The average Bonchev–Trinajstić information content (AvgIpc) is 2.47. The first-order chi connectivity index (χ1) is 9.61. The number of anilines is 1. The molecule has 0 radical (unpaired) electrons. The number of nitrogens with zero attached hydrogens (tertiary/aromatic N) is 1. The second kappa shape index (κ2) is 6.39. The largest absolute Gasteiger partial charge is 0.497 e. The van der Waals surface area contributed by atoms with Gasteiger partial charge < -0.3 is 15.4 Å². The van der Waals surface area contributed by atoms with E-state index in [1.165, 1.54) is 6.07 Å². The van der Waals surface area contributed by atoms with Crippen LogP contribution in [-0.2, 0) is 0 Å². The third-order valence-electron chi connectivity index (χ3n) is 3.29. The van der Waals surface area contributed by atoms with Crippen molar-refractivity contribution in [3.05, 3.63) is 59.9 Å². The average molecular weight is 274 g/mol. The number of halogens is 1. The van der Waals surface area contributed by atoms with Crippen LogP contribution < -0.4 is 15.4 Å². The second-order valence-electron chi connectivity index (χ2n) is 4.71. The number of rotatable bonds is 5. The van der Waals surface area contributed by atoms with Crippen LogP contribution in [0.5, 0.6) is 5.75 Å². The van der Waals surface area contributed by atoms with Gasteiger partial charge in [0.1, 0.15) is 11.6 Å². The molecule has 1 unspecified atom stereocenters. The number of nitrogens with two attached hydrogens (primary N) is 1. The number of ether oxygens (including phenoxy) is 1. The van der Waals surface area contributed by atoms with Gasteiger partial charge in [0.05, 0.1) is 13.2 Å². The minimum atomic E-state index is -0.372. The van der Waals surface area contributed by atoms with E-state index in [9.17, 15) is 4.39 Å². The first kappa shape index (κ1) is 14.3. The molecule has 0 fully saturated rings. The third kappa shape index (κ3) is 3.27. The Morgan fingerprint density at radius 1 is 1.15 bits per heavy atom. The predicted molar refractivity (Wildman–Crippen MR) is 79.6 cm³/mol. The van der Waals surface area contributed by atoms with Crippen molar-refractivity contribution in [3.8, 4) is 5.75 Å². The van der Waals surface area contributed by atoms with Crippen molar-refractivity contribution in [2.75, 3.05) is 25.6 Å². The maximum absolute atomic E-state index is 13.7. The first-order valence-electron chi connectivity index (χ1n) is 6.47. The van der Waals surface area contributed by atoms with Crippen molar-refractivity contribution in [2.45, 2.75) is 6.04 Å². The molecule has 0 amide bonds. The third-order valence-corrected chi connectivity index (χ3v) is 3.29. The predicted octanol–water partition coefficient (Wildman–Crippen LogP) is 2.97. The fourth-order valence-corrected chi connectivity index (χ4v) is 2.11. The summed E-state index contributed by atoms with van der Waals surface area (Å²) in [5.41, 5.74) is 7.63. The second-order valence-corrected chi connectivity index (χ2v) is 4.71. The van der Waals surface area contributed by atoms with Gasteiger partial charge in [0.2, 0.25) is 0 Å². The highest BCUT2D eigenvalue weighted by molar-refractivity contribution is 5.48. The summed E-state index contributed by atoms with van der Waals surface area (Å²) in [5.74, 6) is 0.545. The fourth-order valence-electron chi connectivity index (χ4n) is 2.11. The van der Waals surface area contributed by atoms with E-state index in [0.717, 1.165) is 11.4 Å². The van der Waals surface area contributed by atoms with Crippen LogP contribution in [0.15, 0.2) is 48.5 Å². The van der Waals surface area contributed by atoms with Gasteiger partial charge >= 0.3 is 0 Å². The first-order valence-corrected chi connectivity index (χ1v) is 6.47. The van der Waals surface area contributed by atoms with Gasteiger partial charge in [-0.2, -0.15) is 0 Å². The molecule has 2 aromatic rings. The van der Waals surface area contributed by atoms with Crippen LogP contribution in [0.25, 0.3) is 0 Å². The summed E-state index contributed by atoms with van der Waals surface area (Å²) >= 11 is 0. The zero-order chi connectivity index (χ0) is 14.5. The number of methoxy groups -OCH3 is 1. The number of benzene rings is 2. The van der Waals surface area contributed by atoms with Crippen molar-refractivity contribution in [3.63, 3.8) is 0 Å². The van der Waals surface area contributed by atoms with E-state index in [2.05, 4.69) is 0 Å². The minimum Gasteiger partial charge on any atom is -0.497 e. The smallest absolute Gasteiger partial charge is 0.128 e. The van der Waals surface area contributed by atoms with Crippen molar-refractivity contribution < 1.29 is 9.13 Å². The van der Waals surface area contributed by atoms with Gasteiger partial charge in [-0.05, 0) is 30.3 Å². The van der Waals surface area contributed by atoms with Gasteiger partial charge in [-0.25, -0.2) is 4.39 Å². The molecule has 0 aliphatic carbocycles. The van der Waals surface area contributed by atoms with Gasteiger partial charge in [0.25, 0.3) is 0 Å². The molecule has 0 saturated heterocycles. The molecule has 0 spiro atoms. The van der Waals surface area contributed by atoms with Crippen molar-refractivity contribution >= 4 is 5.69 Å².